The van der Waals surface area contributed by atoms with Gasteiger partial charge in [-0.1, -0.05) is 11.2 Å². The lowest BCUT2D eigenvalue weighted by molar-refractivity contribution is -0.119. The summed E-state index contributed by atoms with van der Waals surface area (Å²) in [5.41, 5.74) is 1.06. The summed E-state index contributed by atoms with van der Waals surface area (Å²) in [7, 11) is 3.20. The summed E-state index contributed by atoms with van der Waals surface area (Å²) in [5, 5.41) is 9.50. The smallest absolute Gasteiger partial charge is 0.239 e. The molecule has 2 aromatic rings. The van der Waals surface area contributed by atoms with Gasteiger partial charge in [-0.05, 0) is 31.0 Å². The summed E-state index contributed by atoms with van der Waals surface area (Å²) >= 11 is 0. The first-order valence-corrected chi connectivity index (χ1v) is 7.27. The van der Waals surface area contributed by atoms with E-state index in [9.17, 15) is 4.79 Å². The fraction of sp³-hybridized carbons (Fsp3) is 0.375. The highest BCUT2D eigenvalue weighted by Gasteiger charge is 2.06. The van der Waals surface area contributed by atoms with Gasteiger partial charge < -0.3 is 24.6 Å². The maximum atomic E-state index is 11.8. The minimum absolute atomic E-state index is 0.105. The molecule has 0 radical (unpaired) electrons. The van der Waals surface area contributed by atoms with Gasteiger partial charge in [-0.3, -0.25) is 4.79 Å². The molecule has 1 aromatic carbocycles. The summed E-state index contributed by atoms with van der Waals surface area (Å²) in [6, 6.07) is 7.44. The van der Waals surface area contributed by atoms with Crippen LogP contribution in [0.2, 0.25) is 0 Å². The number of methoxy groups -OCH3 is 2. The van der Waals surface area contributed by atoms with Crippen LogP contribution in [-0.4, -0.2) is 38.4 Å². The number of nitrogens with one attached hydrogen (secondary N) is 2. The molecule has 7 nitrogen and oxygen atoms in total. The molecule has 1 aromatic heterocycles. The molecule has 2 N–H and O–H groups in total. The summed E-state index contributed by atoms with van der Waals surface area (Å²) in [5.74, 6) is 2.51. The van der Waals surface area contributed by atoms with E-state index in [-0.39, 0.29) is 12.5 Å². The predicted octanol–water partition coefficient (Wildman–Crippen LogP) is 1.77. The van der Waals surface area contributed by atoms with Crippen molar-refractivity contribution in [2.24, 2.45) is 0 Å². The molecule has 124 valence electrons. The zero-order chi connectivity index (χ0) is 16.7. The first-order valence-electron chi connectivity index (χ1n) is 7.27. The van der Waals surface area contributed by atoms with Crippen molar-refractivity contribution in [1.29, 1.82) is 0 Å². The monoisotopic (exact) mass is 319 g/mol. The molecule has 2 rings (SSSR count). The van der Waals surface area contributed by atoms with E-state index in [4.69, 9.17) is 14.0 Å². The Kier molecular flexibility index (Phi) is 5.85. The molecule has 0 fully saturated rings. The molecule has 0 bridgehead atoms. The number of anilines is 1. The lowest BCUT2D eigenvalue weighted by atomic mass is 10.1. The molecule has 0 aliphatic rings. The highest BCUT2D eigenvalue weighted by molar-refractivity contribution is 5.80. The number of hydrogen-bond acceptors (Lipinski definition) is 6. The van der Waals surface area contributed by atoms with E-state index in [0.717, 1.165) is 5.56 Å². The molecule has 1 heterocycles. The van der Waals surface area contributed by atoms with Crippen LogP contribution in [0.5, 0.6) is 11.5 Å². The Labute approximate surface area is 134 Å². The van der Waals surface area contributed by atoms with E-state index in [1.807, 2.05) is 18.2 Å². The molecule has 0 saturated carbocycles. The van der Waals surface area contributed by atoms with Gasteiger partial charge in [-0.2, -0.15) is 0 Å². The van der Waals surface area contributed by atoms with Gasteiger partial charge >= 0.3 is 0 Å². The van der Waals surface area contributed by atoms with Crippen molar-refractivity contribution in [2.45, 2.75) is 13.3 Å². The van der Waals surface area contributed by atoms with Gasteiger partial charge in [-0.25, -0.2) is 0 Å². The molecular formula is C16H21N3O4. The Hall–Kier alpha value is -2.70. The summed E-state index contributed by atoms with van der Waals surface area (Å²) in [6.45, 7) is 2.48. The van der Waals surface area contributed by atoms with Crippen molar-refractivity contribution >= 4 is 11.7 Å². The Bertz CT molecular complexity index is 655. The third-order valence-electron chi connectivity index (χ3n) is 3.24. The maximum Gasteiger partial charge on any atom is 0.239 e. The van der Waals surface area contributed by atoms with Crippen LogP contribution < -0.4 is 20.1 Å². The van der Waals surface area contributed by atoms with E-state index in [1.54, 1.807) is 27.2 Å². The van der Waals surface area contributed by atoms with Crippen molar-refractivity contribution < 1.29 is 18.8 Å². The summed E-state index contributed by atoms with van der Waals surface area (Å²) in [4.78, 5) is 11.8. The Morgan fingerprint density at radius 3 is 2.65 bits per heavy atom. The molecule has 0 aliphatic carbocycles. The normalized spacial score (nSPS) is 10.2. The maximum absolute atomic E-state index is 11.8. The molecule has 1 amide bonds. The number of ether oxygens (including phenoxy) is 2. The topological polar surface area (TPSA) is 85.6 Å². The number of carbonyl (C=O) groups is 1. The summed E-state index contributed by atoms with van der Waals surface area (Å²) < 4.78 is 15.4. The Morgan fingerprint density at radius 2 is 2.00 bits per heavy atom. The second-order valence-electron chi connectivity index (χ2n) is 4.97. The Morgan fingerprint density at radius 1 is 1.22 bits per heavy atom. The van der Waals surface area contributed by atoms with E-state index in [2.05, 4.69) is 15.8 Å². The predicted molar refractivity (Wildman–Crippen MR) is 86.0 cm³/mol. The van der Waals surface area contributed by atoms with Crippen LogP contribution in [0.4, 0.5) is 5.82 Å². The van der Waals surface area contributed by atoms with Gasteiger partial charge in [0.05, 0.1) is 20.8 Å². The lowest BCUT2D eigenvalue weighted by Gasteiger charge is -2.10. The SMILES string of the molecule is COc1ccc(CCNC(=O)CNc2cc(C)on2)cc1OC. The second-order valence-corrected chi connectivity index (χ2v) is 4.97. The van der Waals surface area contributed by atoms with Gasteiger partial charge in [0.1, 0.15) is 5.76 Å². The average Bonchev–Trinajstić information content (AvgIpc) is 2.98. The number of rotatable bonds is 8. The lowest BCUT2D eigenvalue weighted by Crippen LogP contribution is -2.31. The fourth-order valence-electron chi connectivity index (χ4n) is 2.07. The van der Waals surface area contributed by atoms with Crippen molar-refractivity contribution in [2.75, 3.05) is 32.6 Å². The number of carbonyl (C=O) groups excluding carboxylic acids is 1. The number of hydrogen-bond donors (Lipinski definition) is 2. The van der Waals surface area contributed by atoms with Crippen LogP contribution in [0.1, 0.15) is 11.3 Å². The van der Waals surface area contributed by atoms with Crippen molar-refractivity contribution in [1.82, 2.24) is 10.5 Å². The third-order valence-corrected chi connectivity index (χ3v) is 3.24. The standard InChI is InChI=1S/C16H21N3O4/c1-11-8-15(19-23-11)18-10-16(20)17-7-6-12-4-5-13(21-2)14(9-12)22-3/h4-5,8-9H,6-7,10H2,1-3H3,(H,17,20)(H,18,19). The largest absolute Gasteiger partial charge is 0.493 e. The minimum Gasteiger partial charge on any atom is -0.493 e. The third kappa shape index (κ3) is 4.91. The Balaban J connectivity index is 1.74. The average molecular weight is 319 g/mol. The van der Waals surface area contributed by atoms with Crippen LogP contribution in [0.25, 0.3) is 0 Å². The van der Waals surface area contributed by atoms with Crippen LogP contribution in [0.15, 0.2) is 28.8 Å². The number of amides is 1. The molecule has 0 atom stereocenters. The van der Waals surface area contributed by atoms with E-state index >= 15 is 0 Å². The zero-order valence-electron chi connectivity index (χ0n) is 13.5. The number of nitrogens with zero attached hydrogens (tertiary/aromatic N) is 1. The molecule has 23 heavy (non-hydrogen) atoms. The first kappa shape index (κ1) is 16.7. The van der Waals surface area contributed by atoms with Gasteiger partial charge in [0.15, 0.2) is 17.3 Å². The van der Waals surface area contributed by atoms with E-state index in [1.165, 1.54) is 0 Å². The molecule has 0 saturated heterocycles. The number of benzene rings is 1. The van der Waals surface area contributed by atoms with E-state index < -0.39 is 0 Å². The molecule has 0 aliphatic heterocycles. The highest BCUT2D eigenvalue weighted by Crippen LogP contribution is 2.27. The zero-order valence-corrected chi connectivity index (χ0v) is 13.5. The van der Waals surface area contributed by atoms with Crippen molar-refractivity contribution in [3.8, 4) is 11.5 Å². The van der Waals surface area contributed by atoms with Gasteiger partial charge in [-0.15, -0.1) is 0 Å². The van der Waals surface area contributed by atoms with Gasteiger partial charge in [0.25, 0.3) is 0 Å². The highest BCUT2D eigenvalue weighted by atomic mass is 16.5. The summed E-state index contributed by atoms with van der Waals surface area (Å²) in [6.07, 6.45) is 0.704. The van der Waals surface area contributed by atoms with Gasteiger partial charge in [0.2, 0.25) is 5.91 Å². The quantitative estimate of drug-likeness (QED) is 0.771. The second kappa shape index (κ2) is 8.07. The minimum atomic E-state index is -0.105. The molecule has 7 heteroatoms. The number of aromatic nitrogens is 1. The molecule has 0 unspecified atom stereocenters. The van der Waals surface area contributed by atoms with Crippen LogP contribution in [0, 0.1) is 6.92 Å². The van der Waals surface area contributed by atoms with Crippen LogP contribution in [0.3, 0.4) is 0 Å². The first-order chi connectivity index (χ1) is 11.1. The van der Waals surface area contributed by atoms with E-state index in [0.29, 0.717) is 36.0 Å². The van der Waals surface area contributed by atoms with Crippen LogP contribution in [-0.2, 0) is 11.2 Å². The number of aryl methyl sites for hydroxylation is 1. The molecule has 0 spiro atoms. The molecular weight excluding hydrogens is 298 g/mol. The van der Waals surface area contributed by atoms with Gasteiger partial charge in [0, 0.05) is 12.6 Å². The fourth-order valence-corrected chi connectivity index (χ4v) is 2.07. The van der Waals surface area contributed by atoms with Crippen molar-refractivity contribution in [3.63, 3.8) is 0 Å². The van der Waals surface area contributed by atoms with Crippen LogP contribution >= 0.6 is 0 Å². The van der Waals surface area contributed by atoms with Crippen molar-refractivity contribution in [3.05, 3.63) is 35.6 Å².